The van der Waals surface area contributed by atoms with Crippen LogP contribution in [0.4, 0.5) is 0 Å². The van der Waals surface area contributed by atoms with Crippen molar-refractivity contribution in [2.45, 2.75) is 51.1 Å². The van der Waals surface area contributed by atoms with Crippen LogP contribution in [0.3, 0.4) is 0 Å². The molecule has 0 radical (unpaired) electrons. The van der Waals surface area contributed by atoms with Crippen molar-refractivity contribution in [1.29, 1.82) is 0 Å². The smallest absolute Gasteiger partial charge is 0.329 e. The highest BCUT2D eigenvalue weighted by atomic mass is 16.4. The molecule has 3 unspecified atom stereocenters. The van der Waals surface area contributed by atoms with Gasteiger partial charge in [-0.05, 0) is 52.0 Å². The van der Waals surface area contributed by atoms with Crippen LogP contribution in [0.1, 0.15) is 39.5 Å². The average Bonchev–Trinajstić information content (AvgIpc) is 3.12. The van der Waals surface area contributed by atoms with Crippen molar-refractivity contribution in [3.05, 3.63) is 0 Å². The molecule has 0 aromatic heterocycles. The molecule has 2 aliphatic rings. The Labute approximate surface area is 107 Å². The molecule has 3 atom stereocenters. The largest absolute Gasteiger partial charge is 0.480 e. The number of carbonyl (C=O) groups excluding carboxylic acids is 1. The minimum absolute atomic E-state index is 0.0568. The van der Waals surface area contributed by atoms with Crippen molar-refractivity contribution in [2.75, 3.05) is 6.54 Å². The molecule has 1 aliphatic heterocycles. The van der Waals surface area contributed by atoms with Crippen LogP contribution in [0.15, 0.2) is 0 Å². The topological polar surface area (TPSA) is 78.4 Å². The summed E-state index contributed by atoms with van der Waals surface area (Å²) in [5, 5.41) is 15.4. The summed E-state index contributed by atoms with van der Waals surface area (Å²) >= 11 is 0. The molecule has 1 aliphatic carbocycles. The van der Waals surface area contributed by atoms with Crippen molar-refractivity contribution in [2.24, 2.45) is 11.8 Å². The lowest BCUT2D eigenvalue weighted by Crippen LogP contribution is -2.56. The highest BCUT2D eigenvalue weighted by Gasteiger charge is 2.49. The molecule has 2 fully saturated rings. The van der Waals surface area contributed by atoms with Gasteiger partial charge in [0.25, 0.3) is 0 Å². The summed E-state index contributed by atoms with van der Waals surface area (Å²) in [6.45, 7) is 4.51. The Morgan fingerprint density at radius 3 is 2.50 bits per heavy atom. The second-order valence-corrected chi connectivity index (χ2v) is 5.85. The fourth-order valence-corrected chi connectivity index (χ4v) is 2.72. The number of rotatable bonds is 4. The average molecular weight is 254 g/mol. The van der Waals surface area contributed by atoms with E-state index < -0.39 is 11.5 Å². The summed E-state index contributed by atoms with van der Waals surface area (Å²) in [6.07, 6.45) is 3.36. The van der Waals surface area contributed by atoms with E-state index in [-0.39, 0.29) is 17.7 Å². The lowest BCUT2D eigenvalue weighted by molar-refractivity contribution is -0.148. The van der Waals surface area contributed by atoms with Crippen LogP contribution in [-0.2, 0) is 9.59 Å². The maximum atomic E-state index is 12.2. The maximum Gasteiger partial charge on any atom is 0.329 e. The van der Waals surface area contributed by atoms with Crippen molar-refractivity contribution >= 4 is 11.9 Å². The fourth-order valence-electron chi connectivity index (χ4n) is 2.72. The first-order chi connectivity index (χ1) is 8.43. The molecule has 1 amide bonds. The summed E-state index contributed by atoms with van der Waals surface area (Å²) in [6, 6.07) is 0.325. The molecule has 0 aromatic rings. The van der Waals surface area contributed by atoms with Crippen molar-refractivity contribution in [3.8, 4) is 0 Å². The number of aliphatic carboxylic acids is 1. The second kappa shape index (κ2) is 4.88. The first-order valence-corrected chi connectivity index (χ1v) is 6.72. The van der Waals surface area contributed by atoms with E-state index in [0.717, 1.165) is 32.2 Å². The first kappa shape index (κ1) is 13.3. The van der Waals surface area contributed by atoms with E-state index in [9.17, 15) is 14.7 Å². The number of nitrogens with one attached hydrogen (secondary N) is 2. The zero-order valence-electron chi connectivity index (χ0n) is 11.0. The number of piperidine rings is 1. The Bertz CT molecular complexity index is 354. The van der Waals surface area contributed by atoms with Gasteiger partial charge in [-0.3, -0.25) is 4.79 Å². The highest BCUT2D eigenvalue weighted by molar-refractivity contribution is 5.88. The minimum Gasteiger partial charge on any atom is -0.480 e. The lowest BCUT2D eigenvalue weighted by Gasteiger charge is -2.32. The monoisotopic (exact) mass is 254 g/mol. The van der Waals surface area contributed by atoms with Crippen LogP contribution in [0.5, 0.6) is 0 Å². The number of carboxylic acid groups (broad SMARTS) is 1. The molecule has 3 N–H and O–H groups in total. The Morgan fingerprint density at radius 2 is 2.00 bits per heavy atom. The van der Waals surface area contributed by atoms with E-state index in [2.05, 4.69) is 17.6 Å². The fraction of sp³-hybridized carbons (Fsp3) is 0.846. The molecule has 5 nitrogen and oxygen atoms in total. The van der Waals surface area contributed by atoms with E-state index in [1.807, 2.05) is 0 Å². The molecular weight excluding hydrogens is 232 g/mol. The second-order valence-electron chi connectivity index (χ2n) is 5.85. The Morgan fingerprint density at radius 1 is 1.33 bits per heavy atom. The van der Waals surface area contributed by atoms with E-state index >= 15 is 0 Å². The summed E-state index contributed by atoms with van der Waals surface area (Å²) in [5.41, 5.74) is -1.08. The normalized spacial score (nSPS) is 31.4. The predicted molar refractivity (Wildman–Crippen MR) is 67.1 cm³/mol. The summed E-state index contributed by atoms with van der Waals surface area (Å²) in [7, 11) is 0. The molecule has 1 saturated heterocycles. The molecule has 18 heavy (non-hydrogen) atoms. The van der Waals surface area contributed by atoms with Crippen molar-refractivity contribution in [1.82, 2.24) is 10.6 Å². The minimum atomic E-state index is -1.08. The van der Waals surface area contributed by atoms with Gasteiger partial charge in [0, 0.05) is 12.0 Å². The summed E-state index contributed by atoms with van der Waals surface area (Å²) in [4.78, 5) is 23.6. The Hall–Kier alpha value is -1.10. The van der Waals surface area contributed by atoms with Gasteiger partial charge in [-0.2, -0.15) is 0 Å². The third kappa shape index (κ3) is 2.66. The molecule has 1 heterocycles. The summed E-state index contributed by atoms with van der Waals surface area (Å²) in [5.74, 6) is -0.975. The van der Waals surface area contributed by atoms with Gasteiger partial charge in [-0.15, -0.1) is 0 Å². The quantitative estimate of drug-likeness (QED) is 0.691. The number of amides is 1. The molecule has 5 heteroatoms. The van der Waals surface area contributed by atoms with Crippen LogP contribution < -0.4 is 10.6 Å². The number of carboxylic acids is 1. The van der Waals surface area contributed by atoms with Gasteiger partial charge in [0.05, 0.1) is 0 Å². The SMILES string of the molecule is CC1CC(C(=O)NC(C)(C(=O)O)C2CC2)CCN1. The Kier molecular flexibility index (Phi) is 3.61. The van der Waals surface area contributed by atoms with Crippen LogP contribution in [-0.4, -0.2) is 35.1 Å². The van der Waals surface area contributed by atoms with Gasteiger partial charge in [0.2, 0.25) is 5.91 Å². The molecule has 1 saturated carbocycles. The van der Waals surface area contributed by atoms with E-state index in [0.29, 0.717) is 6.04 Å². The van der Waals surface area contributed by atoms with E-state index in [1.165, 1.54) is 0 Å². The third-order valence-electron chi connectivity index (χ3n) is 4.22. The standard InChI is InChI=1S/C13H22N2O3/c1-8-7-9(5-6-14-8)11(16)15-13(2,12(17)18)10-3-4-10/h8-10,14H,3-7H2,1-2H3,(H,15,16)(H,17,18). The molecule has 0 bridgehead atoms. The van der Waals surface area contributed by atoms with Crippen LogP contribution in [0.25, 0.3) is 0 Å². The van der Waals surface area contributed by atoms with Crippen LogP contribution in [0, 0.1) is 11.8 Å². The van der Waals surface area contributed by atoms with Crippen molar-refractivity contribution in [3.63, 3.8) is 0 Å². The van der Waals surface area contributed by atoms with Gasteiger partial charge in [0.1, 0.15) is 5.54 Å². The van der Waals surface area contributed by atoms with Gasteiger partial charge in [-0.25, -0.2) is 4.79 Å². The van der Waals surface area contributed by atoms with Crippen LogP contribution >= 0.6 is 0 Å². The van der Waals surface area contributed by atoms with Crippen molar-refractivity contribution < 1.29 is 14.7 Å². The molecule has 2 rings (SSSR count). The highest BCUT2D eigenvalue weighted by Crippen LogP contribution is 2.40. The van der Waals surface area contributed by atoms with Gasteiger partial charge in [0.15, 0.2) is 0 Å². The Balaban J connectivity index is 1.98. The molecule has 102 valence electrons. The van der Waals surface area contributed by atoms with Gasteiger partial charge >= 0.3 is 5.97 Å². The zero-order valence-corrected chi connectivity index (χ0v) is 11.0. The summed E-state index contributed by atoms with van der Waals surface area (Å²) < 4.78 is 0. The molecule has 0 aromatic carbocycles. The van der Waals surface area contributed by atoms with E-state index in [4.69, 9.17) is 0 Å². The number of hydrogen-bond acceptors (Lipinski definition) is 3. The predicted octanol–water partition coefficient (Wildman–Crippen LogP) is 0.744. The first-order valence-electron chi connectivity index (χ1n) is 6.72. The van der Waals surface area contributed by atoms with E-state index in [1.54, 1.807) is 6.92 Å². The molecular formula is C13H22N2O3. The zero-order chi connectivity index (χ0) is 13.3. The van der Waals surface area contributed by atoms with Gasteiger partial charge in [-0.1, -0.05) is 0 Å². The molecule has 0 spiro atoms. The number of hydrogen-bond donors (Lipinski definition) is 3. The van der Waals surface area contributed by atoms with Crippen LogP contribution in [0.2, 0.25) is 0 Å². The third-order valence-corrected chi connectivity index (χ3v) is 4.22. The van der Waals surface area contributed by atoms with Gasteiger partial charge < -0.3 is 15.7 Å². The number of carbonyl (C=O) groups is 2. The lowest BCUT2D eigenvalue weighted by atomic mass is 9.89. The maximum absolute atomic E-state index is 12.2.